The van der Waals surface area contributed by atoms with E-state index in [0.717, 1.165) is 0 Å². The quantitative estimate of drug-likeness (QED) is 0.505. The van der Waals surface area contributed by atoms with Crippen LogP contribution < -0.4 is 30.5 Å². The first-order valence-corrected chi connectivity index (χ1v) is 5.25. The monoisotopic (exact) mass is 313 g/mol. The largest absolute Gasteiger partial charge is 2.00 e. The Morgan fingerprint density at radius 3 is 1.06 bits per heavy atom. The third-order valence-corrected chi connectivity index (χ3v) is 2.37. The molecule has 17 heavy (non-hydrogen) atoms. The molecule has 1 rings (SSSR count). The molecular formula is C13H25Cl2NTi. The Morgan fingerprint density at radius 1 is 0.824 bits per heavy atom. The molecule has 100 valence electrons. The molecule has 0 radical (unpaired) electrons. The zero-order valence-corrected chi connectivity index (χ0v) is 15.1. The molecule has 0 aliphatic heterocycles. The standard InChI is InChI=1S/C9H14.C4H11N.2ClH.Ti/c1-6-5-7(2)9(4)8(6)3;1-4(2,3)5;;;/h5H2,1-4H3;5H2,1-3H3;2*1H;/q;;;;+2/p-2. The van der Waals surface area contributed by atoms with Gasteiger partial charge in [-0.1, -0.05) is 11.1 Å². The Balaban J connectivity index is -0.0000000948. The summed E-state index contributed by atoms with van der Waals surface area (Å²) in [7, 11) is 0. The minimum absolute atomic E-state index is 0. The number of rotatable bonds is 0. The summed E-state index contributed by atoms with van der Waals surface area (Å²) in [6.45, 7) is 14.8. The SMILES string of the molecule is CC(C)(C)N.CC1=C(C)C(C)=C(C)C1.[Cl-].[Cl-].[Ti+2]. The van der Waals surface area contributed by atoms with E-state index in [1.165, 1.54) is 17.6 Å². The molecule has 0 amide bonds. The summed E-state index contributed by atoms with van der Waals surface area (Å²) in [5.74, 6) is 0. The molecule has 4 heteroatoms. The summed E-state index contributed by atoms with van der Waals surface area (Å²) in [4.78, 5) is 0. The van der Waals surface area contributed by atoms with E-state index < -0.39 is 0 Å². The minimum Gasteiger partial charge on any atom is -1.00 e. The van der Waals surface area contributed by atoms with Crippen LogP contribution in [0.4, 0.5) is 0 Å². The number of nitrogens with two attached hydrogens (primary N) is 1. The smallest absolute Gasteiger partial charge is 1.00 e. The summed E-state index contributed by atoms with van der Waals surface area (Å²) in [5, 5.41) is 0. The average molecular weight is 314 g/mol. The molecule has 0 bridgehead atoms. The van der Waals surface area contributed by atoms with Gasteiger partial charge in [0.15, 0.2) is 0 Å². The van der Waals surface area contributed by atoms with E-state index in [1.54, 1.807) is 11.1 Å². The van der Waals surface area contributed by atoms with Gasteiger partial charge in [-0.2, -0.15) is 0 Å². The van der Waals surface area contributed by atoms with Crippen LogP contribution >= 0.6 is 0 Å². The first kappa shape index (κ1) is 26.3. The number of allylic oxidation sites excluding steroid dienone is 4. The van der Waals surface area contributed by atoms with Gasteiger partial charge in [0.05, 0.1) is 0 Å². The van der Waals surface area contributed by atoms with Crippen molar-refractivity contribution in [3.05, 3.63) is 22.3 Å². The number of halogens is 2. The Labute approximate surface area is 134 Å². The van der Waals surface area contributed by atoms with Gasteiger partial charge < -0.3 is 30.5 Å². The van der Waals surface area contributed by atoms with E-state index in [2.05, 4.69) is 27.7 Å². The topological polar surface area (TPSA) is 26.0 Å². The zero-order valence-electron chi connectivity index (χ0n) is 12.0. The molecule has 0 saturated heterocycles. The first-order valence-electron chi connectivity index (χ1n) is 5.25. The third kappa shape index (κ3) is 13.0. The summed E-state index contributed by atoms with van der Waals surface area (Å²) in [6.07, 6.45) is 1.21. The fraction of sp³-hybridized carbons (Fsp3) is 0.692. The van der Waals surface area contributed by atoms with Gasteiger partial charge in [-0.3, -0.25) is 0 Å². The second kappa shape index (κ2) is 10.6. The van der Waals surface area contributed by atoms with Crippen LogP contribution in [0.15, 0.2) is 22.3 Å². The molecule has 0 atom stereocenters. The maximum atomic E-state index is 5.35. The van der Waals surface area contributed by atoms with Crippen molar-refractivity contribution < 1.29 is 46.5 Å². The maximum absolute atomic E-state index is 5.35. The van der Waals surface area contributed by atoms with Gasteiger partial charge >= 0.3 is 21.7 Å². The van der Waals surface area contributed by atoms with Gasteiger partial charge in [0.25, 0.3) is 0 Å². The summed E-state index contributed by atoms with van der Waals surface area (Å²) < 4.78 is 0. The van der Waals surface area contributed by atoms with Gasteiger partial charge in [0.2, 0.25) is 0 Å². The second-order valence-electron chi connectivity index (χ2n) is 5.35. The molecule has 0 saturated carbocycles. The van der Waals surface area contributed by atoms with Crippen LogP contribution in [0.25, 0.3) is 0 Å². The van der Waals surface area contributed by atoms with Crippen molar-refractivity contribution in [2.75, 3.05) is 0 Å². The summed E-state index contributed by atoms with van der Waals surface area (Å²) in [6, 6.07) is 0. The van der Waals surface area contributed by atoms with Gasteiger partial charge in [-0.15, -0.1) is 0 Å². The van der Waals surface area contributed by atoms with Gasteiger partial charge in [0.1, 0.15) is 0 Å². The fourth-order valence-corrected chi connectivity index (χ4v) is 1.30. The molecule has 1 nitrogen and oxygen atoms in total. The third-order valence-electron chi connectivity index (χ3n) is 2.37. The molecule has 0 spiro atoms. The molecular weight excluding hydrogens is 289 g/mol. The van der Waals surface area contributed by atoms with Crippen LogP contribution in [-0.2, 0) is 21.7 Å². The predicted molar refractivity (Wildman–Crippen MR) is 65.3 cm³/mol. The zero-order chi connectivity index (χ0) is 11.5. The van der Waals surface area contributed by atoms with Crippen LogP contribution in [0.3, 0.4) is 0 Å². The molecule has 0 heterocycles. The molecule has 1 aliphatic carbocycles. The first-order chi connectivity index (χ1) is 6.13. The van der Waals surface area contributed by atoms with Gasteiger partial charge in [-0.05, 0) is 66.0 Å². The molecule has 0 unspecified atom stereocenters. The minimum atomic E-state index is 0. The maximum Gasteiger partial charge on any atom is 2.00 e. The van der Waals surface area contributed by atoms with E-state index in [-0.39, 0.29) is 52.1 Å². The molecule has 0 aromatic heterocycles. The second-order valence-corrected chi connectivity index (χ2v) is 5.35. The van der Waals surface area contributed by atoms with E-state index in [9.17, 15) is 0 Å². The fourth-order valence-electron chi connectivity index (χ4n) is 1.30. The normalized spacial score (nSPS) is 14.1. The van der Waals surface area contributed by atoms with Crippen LogP contribution in [-0.4, -0.2) is 5.54 Å². The Hall–Kier alpha value is 0.734. The van der Waals surface area contributed by atoms with Crippen molar-refractivity contribution in [1.29, 1.82) is 0 Å². The van der Waals surface area contributed by atoms with E-state index in [1.807, 2.05) is 20.8 Å². The van der Waals surface area contributed by atoms with Crippen LogP contribution in [0.2, 0.25) is 0 Å². The van der Waals surface area contributed by atoms with E-state index in [4.69, 9.17) is 5.73 Å². The molecule has 0 aromatic rings. The van der Waals surface area contributed by atoms with Crippen molar-refractivity contribution in [2.45, 2.75) is 60.4 Å². The van der Waals surface area contributed by atoms with E-state index in [0.29, 0.717) is 0 Å². The molecule has 0 fully saturated rings. The molecule has 0 aromatic carbocycles. The van der Waals surface area contributed by atoms with Crippen molar-refractivity contribution in [3.63, 3.8) is 0 Å². The van der Waals surface area contributed by atoms with Gasteiger partial charge in [0, 0.05) is 5.54 Å². The van der Waals surface area contributed by atoms with Crippen molar-refractivity contribution in [2.24, 2.45) is 5.73 Å². The van der Waals surface area contributed by atoms with Crippen LogP contribution in [0, 0.1) is 0 Å². The van der Waals surface area contributed by atoms with E-state index >= 15 is 0 Å². The Morgan fingerprint density at radius 2 is 1.00 bits per heavy atom. The Bertz CT molecular complexity index is 248. The predicted octanol–water partition coefficient (Wildman–Crippen LogP) is -2.19. The molecule has 1 aliphatic rings. The Kier molecular flexibility index (Phi) is 16.5. The van der Waals surface area contributed by atoms with Crippen LogP contribution in [0.1, 0.15) is 54.9 Å². The van der Waals surface area contributed by atoms with Crippen molar-refractivity contribution in [3.8, 4) is 0 Å². The number of hydrogen-bond donors (Lipinski definition) is 1. The van der Waals surface area contributed by atoms with Crippen molar-refractivity contribution >= 4 is 0 Å². The van der Waals surface area contributed by atoms with Crippen molar-refractivity contribution in [1.82, 2.24) is 0 Å². The average Bonchev–Trinajstić information content (AvgIpc) is 2.14. The number of hydrogen-bond acceptors (Lipinski definition) is 1. The summed E-state index contributed by atoms with van der Waals surface area (Å²) >= 11 is 0. The van der Waals surface area contributed by atoms with Crippen LogP contribution in [0.5, 0.6) is 0 Å². The molecule has 2 N–H and O–H groups in total. The van der Waals surface area contributed by atoms with Gasteiger partial charge in [-0.25, -0.2) is 0 Å². The summed E-state index contributed by atoms with van der Waals surface area (Å²) in [5.41, 5.74) is 11.5.